The van der Waals surface area contributed by atoms with Crippen LogP contribution in [0.4, 0.5) is 0 Å². The van der Waals surface area contributed by atoms with Gasteiger partial charge in [-0.15, -0.1) is 0 Å². The molecule has 19 heavy (non-hydrogen) atoms. The van der Waals surface area contributed by atoms with Gasteiger partial charge >= 0.3 is 0 Å². The van der Waals surface area contributed by atoms with Crippen molar-refractivity contribution in [3.8, 4) is 5.75 Å². The first-order valence-electron chi connectivity index (χ1n) is 6.18. The highest BCUT2D eigenvalue weighted by Crippen LogP contribution is 2.40. The van der Waals surface area contributed by atoms with Gasteiger partial charge in [-0.1, -0.05) is 13.8 Å². The Morgan fingerprint density at radius 3 is 2.68 bits per heavy atom. The van der Waals surface area contributed by atoms with Crippen LogP contribution in [0.1, 0.15) is 30.6 Å². The minimum atomic E-state index is -0.347. The fourth-order valence-electron chi connectivity index (χ4n) is 2.20. The molecule has 0 radical (unpaired) electrons. The van der Waals surface area contributed by atoms with Crippen molar-refractivity contribution >= 4 is 21.8 Å². The maximum absolute atomic E-state index is 12.1. The fourth-order valence-corrected chi connectivity index (χ4v) is 2.74. The SMILES string of the molecule is COc1ccc(C(=O)NC2CC(O)C2(C)C)cc1Br. The van der Waals surface area contributed by atoms with Crippen molar-refractivity contribution in [3.63, 3.8) is 0 Å². The standard InChI is InChI=1S/C14H18BrNO3/c1-14(2)11(7-12(14)17)16-13(18)8-4-5-10(19-3)9(15)6-8/h4-6,11-12,17H,7H2,1-3H3,(H,16,18). The first-order chi connectivity index (χ1) is 8.86. The van der Waals surface area contributed by atoms with Gasteiger partial charge in [-0.2, -0.15) is 0 Å². The van der Waals surface area contributed by atoms with Crippen molar-refractivity contribution in [3.05, 3.63) is 28.2 Å². The van der Waals surface area contributed by atoms with Crippen molar-refractivity contribution in [1.29, 1.82) is 0 Å². The van der Waals surface area contributed by atoms with E-state index >= 15 is 0 Å². The van der Waals surface area contributed by atoms with Gasteiger partial charge in [0.1, 0.15) is 5.75 Å². The maximum atomic E-state index is 12.1. The molecular formula is C14H18BrNO3. The van der Waals surface area contributed by atoms with Gasteiger partial charge < -0.3 is 15.2 Å². The lowest BCUT2D eigenvalue weighted by molar-refractivity contribution is -0.0689. The van der Waals surface area contributed by atoms with Gasteiger partial charge in [-0.25, -0.2) is 0 Å². The Hall–Kier alpha value is -1.07. The molecule has 1 fully saturated rings. The molecule has 104 valence electrons. The summed E-state index contributed by atoms with van der Waals surface area (Å²) in [4.78, 5) is 12.1. The first-order valence-corrected chi connectivity index (χ1v) is 6.98. The van der Waals surface area contributed by atoms with E-state index < -0.39 is 0 Å². The van der Waals surface area contributed by atoms with Crippen LogP contribution in [0.5, 0.6) is 5.75 Å². The van der Waals surface area contributed by atoms with E-state index in [4.69, 9.17) is 4.74 Å². The Bertz CT molecular complexity index is 501. The normalized spacial score (nSPS) is 24.5. The molecule has 2 N–H and O–H groups in total. The number of carbonyl (C=O) groups excluding carboxylic acids is 1. The molecule has 1 aromatic rings. The smallest absolute Gasteiger partial charge is 0.251 e. The van der Waals surface area contributed by atoms with Gasteiger partial charge in [0.25, 0.3) is 5.91 Å². The lowest BCUT2D eigenvalue weighted by atomic mass is 9.64. The van der Waals surface area contributed by atoms with Crippen molar-refractivity contribution in [2.24, 2.45) is 5.41 Å². The van der Waals surface area contributed by atoms with Crippen molar-refractivity contribution in [1.82, 2.24) is 5.32 Å². The molecule has 1 saturated carbocycles. The second-order valence-electron chi connectivity index (χ2n) is 5.45. The highest BCUT2D eigenvalue weighted by atomic mass is 79.9. The predicted molar refractivity (Wildman–Crippen MR) is 76.4 cm³/mol. The topological polar surface area (TPSA) is 58.6 Å². The summed E-state index contributed by atoms with van der Waals surface area (Å²) < 4.78 is 5.87. The largest absolute Gasteiger partial charge is 0.496 e. The molecular weight excluding hydrogens is 310 g/mol. The summed E-state index contributed by atoms with van der Waals surface area (Å²) in [7, 11) is 1.58. The summed E-state index contributed by atoms with van der Waals surface area (Å²) >= 11 is 3.36. The molecule has 0 bridgehead atoms. The quantitative estimate of drug-likeness (QED) is 0.895. The zero-order valence-electron chi connectivity index (χ0n) is 11.2. The highest BCUT2D eigenvalue weighted by molar-refractivity contribution is 9.10. The second-order valence-corrected chi connectivity index (χ2v) is 6.30. The Labute approximate surface area is 121 Å². The number of amides is 1. The van der Waals surface area contributed by atoms with Crippen LogP contribution in [0.2, 0.25) is 0 Å². The number of ether oxygens (including phenoxy) is 1. The molecule has 1 aliphatic rings. The van der Waals surface area contributed by atoms with Crippen molar-refractivity contribution < 1.29 is 14.6 Å². The Morgan fingerprint density at radius 2 is 2.21 bits per heavy atom. The van der Waals surface area contributed by atoms with E-state index in [2.05, 4.69) is 21.2 Å². The average molecular weight is 328 g/mol. The summed E-state index contributed by atoms with van der Waals surface area (Å²) in [5.74, 6) is 0.560. The Morgan fingerprint density at radius 1 is 1.53 bits per heavy atom. The number of hydrogen-bond donors (Lipinski definition) is 2. The molecule has 0 heterocycles. The summed E-state index contributed by atoms with van der Waals surface area (Å²) in [5.41, 5.74) is 0.309. The van der Waals surface area contributed by atoms with Gasteiger partial charge in [0.2, 0.25) is 0 Å². The molecule has 2 atom stereocenters. The first kappa shape index (κ1) is 14.3. The minimum Gasteiger partial charge on any atom is -0.496 e. The molecule has 1 aromatic carbocycles. The van der Waals surface area contributed by atoms with E-state index in [0.717, 1.165) is 4.47 Å². The lowest BCUT2D eigenvalue weighted by Gasteiger charge is -2.49. The molecule has 0 saturated heterocycles. The number of methoxy groups -OCH3 is 1. The van der Waals surface area contributed by atoms with Crippen LogP contribution in [0, 0.1) is 5.41 Å². The van der Waals surface area contributed by atoms with Gasteiger partial charge in [0.05, 0.1) is 17.7 Å². The lowest BCUT2D eigenvalue weighted by Crippen LogP contribution is -2.61. The molecule has 0 aromatic heterocycles. The molecule has 1 amide bonds. The number of benzene rings is 1. The van der Waals surface area contributed by atoms with Crippen LogP contribution in [0.3, 0.4) is 0 Å². The van der Waals surface area contributed by atoms with E-state index in [9.17, 15) is 9.90 Å². The van der Waals surface area contributed by atoms with E-state index in [0.29, 0.717) is 17.7 Å². The molecule has 4 nitrogen and oxygen atoms in total. The summed E-state index contributed by atoms with van der Waals surface area (Å²) in [6, 6.07) is 5.22. The number of rotatable bonds is 3. The number of aliphatic hydroxyl groups excluding tert-OH is 1. The third kappa shape index (κ3) is 2.62. The number of carbonyl (C=O) groups is 1. The van der Waals surface area contributed by atoms with Crippen LogP contribution in [0.25, 0.3) is 0 Å². The zero-order valence-corrected chi connectivity index (χ0v) is 12.8. The van der Waals surface area contributed by atoms with E-state index in [-0.39, 0.29) is 23.5 Å². The van der Waals surface area contributed by atoms with Crippen LogP contribution in [-0.4, -0.2) is 30.3 Å². The number of hydrogen-bond acceptors (Lipinski definition) is 3. The minimum absolute atomic E-state index is 0.0101. The van der Waals surface area contributed by atoms with Gasteiger partial charge in [-0.05, 0) is 40.5 Å². The van der Waals surface area contributed by atoms with Crippen molar-refractivity contribution in [2.75, 3.05) is 7.11 Å². The van der Waals surface area contributed by atoms with Crippen LogP contribution >= 0.6 is 15.9 Å². The summed E-state index contributed by atoms with van der Waals surface area (Å²) in [5, 5.41) is 12.6. The fraction of sp³-hybridized carbons (Fsp3) is 0.500. The molecule has 0 spiro atoms. The van der Waals surface area contributed by atoms with Crippen LogP contribution in [0.15, 0.2) is 22.7 Å². The monoisotopic (exact) mass is 327 g/mol. The summed E-state index contributed by atoms with van der Waals surface area (Å²) in [6.07, 6.45) is 0.260. The molecule has 5 heteroatoms. The van der Waals surface area contributed by atoms with Gasteiger partial charge in [0.15, 0.2) is 0 Å². The Kier molecular flexibility index (Phi) is 3.87. The molecule has 2 rings (SSSR count). The van der Waals surface area contributed by atoms with E-state index in [1.54, 1.807) is 25.3 Å². The Balaban J connectivity index is 2.07. The third-order valence-corrected chi connectivity index (χ3v) is 4.55. The van der Waals surface area contributed by atoms with E-state index in [1.165, 1.54) is 0 Å². The van der Waals surface area contributed by atoms with Gasteiger partial charge in [0, 0.05) is 17.0 Å². The average Bonchev–Trinajstić information content (AvgIpc) is 2.38. The third-order valence-electron chi connectivity index (χ3n) is 3.94. The molecule has 1 aliphatic carbocycles. The maximum Gasteiger partial charge on any atom is 0.251 e. The van der Waals surface area contributed by atoms with Crippen molar-refractivity contribution in [2.45, 2.75) is 32.4 Å². The molecule has 0 aliphatic heterocycles. The number of halogens is 1. The van der Waals surface area contributed by atoms with E-state index in [1.807, 2.05) is 13.8 Å². The number of nitrogens with one attached hydrogen (secondary N) is 1. The van der Waals surface area contributed by atoms with Crippen LogP contribution in [-0.2, 0) is 0 Å². The highest BCUT2D eigenvalue weighted by Gasteiger charge is 2.47. The number of aliphatic hydroxyl groups is 1. The summed E-state index contributed by atoms with van der Waals surface area (Å²) in [6.45, 7) is 3.91. The molecule has 2 unspecified atom stereocenters. The second kappa shape index (κ2) is 5.13. The van der Waals surface area contributed by atoms with Gasteiger partial charge in [-0.3, -0.25) is 4.79 Å². The predicted octanol–water partition coefficient (Wildman–Crippen LogP) is 2.35. The van der Waals surface area contributed by atoms with Crippen LogP contribution < -0.4 is 10.1 Å². The zero-order chi connectivity index (χ0) is 14.2.